The van der Waals surface area contributed by atoms with Gasteiger partial charge in [-0.25, -0.2) is 0 Å². The van der Waals surface area contributed by atoms with E-state index in [1.165, 1.54) is 11.8 Å². The van der Waals surface area contributed by atoms with Gasteiger partial charge in [-0.05, 0) is 19.1 Å². The van der Waals surface area contributed by atoms with Crippen molar-refractivity contribution in [2.75, 3.05) is 6.54 Å². The summed E-state index contributed by atoms with van der Waals surface area (Å²) in [5.74, 6) is -1.04. The van der Waals surface area contributed by atoms with E-state index >= 15 is 0 Å². The normalized spacial score (nSPS) is 11.9. The average Bonchev–Trinajstić information content (AvgIpc) is 2.28. The molecule has 6 heteroatoms. The Kier molecular flexibility index (Phi) is 5.64. The molecular weight excluding hydrogens is 252 g/mol. The first-order chi connectivity index (χ1) is 8.52. The molecule has 0 bridgehead atoms. The summed E-state index contributed by atoms with van der Waals surface area (Å²) < 4.78 is 0. The largest absolute Gasteiger partial charge is 0.481 e. The third-order valence-electron chi connectivity index (χ3n) is 2.10. The number of pyridine rings is 1. The van der Waals surface area contributed by atoms with Crippen LogP contribution in [0.5, 0.6) is 0 Å². The maximum absolute atomic E-state index is 11.6. The van der Waals surface area contributed by atoms with Crippen LogP contribution in [0.4, 0.5) is 0 Å². The number of rotatable bonds is 6. The Morgan fingerprint density at radius 1 is 1.56 bits per heavy atom. The summed E-state index contributed by atoms with van der Waals surface area (Å²) in [6, 6.07) is 3.44. The highest BCUT2D eigenvalue weighted by molar-refractivity contribution is 8.00. The first kappa shape index (κ1) is 14.5. The van der Waals surface area contributed by atoms with E-state index in [4.69, 9.17) is 5.11 Å². The Morgan fingerprint density at radius 3 is 2.89 bits per heavy atom. The summed E-state index contributed by atoms with van der Waals surface area (Å²) in [6.07, 6.45) is 1.64. The van der Waals surface area contributed by atoms with Crippen LogP contribution >= 0.6 is 11.8 Å². The summed E-state index contributed by atoms with van der Waals surface area (Å²) >= 11 is 1.42. The number of nitrogens with one attached hydrogen (secondary N) is 1. The topological polar surface area (TPSA) is 79.3 Å². The zero-order valence-electron chi connectivity index (χ0n) is 10.3. The third-order valence-corrected chi connectivity index (χ3v) is 3.20. The molecule has 1 unspecified atom stereocenters. The highest BCUT2D eigenvalue weighted by Crippen LogP contribution is 2.25. The molecular formula is C12H16N2O3S. The van der Waals surface area contributed by atoms with Gasteiger partial charge < -0.3 is 10.4 Å². The first-order valence-corrected chi connectivity index (χ1v) is 6.53. The SMILES string of the molecule is CCNC(=O)c1cc(SC(C)CC(=O)O)ccn1. The van der Waals surface area contributed by atoms with Crippen LogP contribution < -0.4 is 5.32 Å². The van der Waals surface area contributed by atoms with Crippen LogP contribution in [0.1, 0.15) is 30.8 Å². The number of hydrogen-bond donors (Lipinski definition) is 2. The molecule has 0 saturated heterocycles. The molecule has 18 heavy (non-hydrogen) atoms. The number of carboxylic acids is 1. The number of nitrogens with zero attached hydrogens (tertiary/aromatic N) is 1. The van der Waals surface area contributed by atoms with Gasteiger partial charge in [-0.2, -0.15) is 0 Å². The minimum atomic E-state index is -0.826. The Labute approximate surface area is 110 Å². The number of hydrogen-bond acceptors (Lipinski definition) is 4. The van der Waals surface area contributed by atoms with Crippen LogP contribution in [0.15, 0.2) is 23.2 Å². The summed E-state index contributed by atoms with van der Waals surface area (Å²) in [6.45, 7) is 4.23. The van der Waals surface area contributed by atoms with Crippen LogP contribution in [0.25, 0.3) is 0 Å². The van der Waals surface area contributed by atoms with Crippen LogP contribution in [0.3, 0.4) is 0 Å². The molecule has 1 atom stereocenters. The van der Waals surface area contributed by atoms with Crippen molar-refractivity contribution < 1.29 is 14.7 Å². The van der Waals surface area contributed by atoms with Crippen molar-refractivity contribution in [3.05, 3.63) is 24.0 Å². The van der Waals surface area contributed by atoms with Crippen molar-refractivity contribution in [1.82, 2.24) is 10.3 Å². The molecule has 98 valence electrons. The number of carboxylic acid groups (broad SMARTS) is 1. The van der Waals surface area contributed by atoms with Gasteiger partial charge in [-0.1, -0.05) is 6.92 Å². The van der Waals surface area contributed by atoms with Gasteiger partial charge in [0.05, 0.1) is 6.42 Å². The molecule has 0 radical (unpaired) electrons. The Morgan fingerprint density at radius 2 is 2.28 bits per heavy atom. The molecule has 0 saturated carbocycles. The van der Waals surface area contributed by atoms with Gasteiger partial charge in [0, 0.05) is 22.9 Å². The molecule has 1 rings (SSSR count). The summed E-state index contributed by atoms with van der Waals surface area (Å²) in [5.41, 5.74) is 0.351. The molecule has 0 fully saturated rings. The van der Waals surface area contributed by atoms with Gasteiger partial charge in [0.1, 0.15) is 5.69 Å². The van der Waals surface area contributed by atoms with Gasteiger partial charge in [-0.15, -0.1) is 11.8 Å². The minimum absolute atomic E-state index is 0.0491. The molecule has 0 aliphatic carbocycles. The summed E-state index contributed by atoms with van der Waals surface area (Å²) in [5, 5.41) is 11.3. The lowest BCUT2D eigenvalue weighted by Crippen LogP contribution is -2.23. The van der Waals surface area contributed by atoms with Crippen LogP contribution in [-0.4, -0.2) is 33.8 Å². The molecule has 1 heterocycles. The maximum Gasteiger partial charge on any atom is 0.304 e. The molecule has 0 aliphatic heterocycles. The lowest BCUT2D eigenvalue weighted by atomic mass is 10.3. The Balaban J connectivity index is 2.70. The average molecular weight is 268 g/mol. The van der Waals surface area contributed by atoms with Gasteiger partial charge in [-0.3, -0.25) is 14.6 Å². The Bertz CT molecular complexity index is 437. The fraction of sp³-hybridized carbons (Fsp3) is 0.417. The molecule has 0 aliphatic rings. The second-order valence-corrected chi connectivity index (χ2v) is 5.27. The highest BCUT2D eigenvalue weighted by atomic mass is 32.2. The highest BCUT2D eigenvalue weighted by Gasteiger charge is 2.11. The van der Waals surface area contributed by atoms with E-state index in [1.54, 1.807) is 18.3 Å². The zero-order valence-corrected chi connectivity index (χ0v) is 11.2. The predicted octanol–water partition coefficient (Wildman–Crippen LogP) is 1.79. The van der Waals surface area contributed by atoms with E-state index in [1.807, 2.05) is 13.8 Å². The second-order valence-electron chi connectivity index (χ2n) is 3.76. The number of aromatic nitrogens is 1. The van der Waals surface area contributed by atoms with E-state index in [-0.39, 0.29) is 17.6 Å². The molecule has 5 nitrogen and oxygen atoms in total. The summed E-state index contributed by atoms with van der Waals surface area (Å²) in [4.78, 5) is 27.0. The van der Waals surface area contributed by atoms with Crippen LogP contribution in [-0.2, 0) is 4.79 Å². The molecule has 1 amide bonds. The molecule has 2 N–H and O–H groups in total. The first-order valence-electron chi connectivity index (χ1n) is 5.65. The predicted molar refractivity (Wildman–Crippen MR) is 69.8 cm³/mol. The van der Waals surface area contributed by atoms with E-state index < -0.39 is 5.97 Å². The van der Waals surface area contributed by atoms with Crippen molar-refractivity contribution in [2.45, 2.75) is 30.4 Å². The molecule has 1 aromatic heterocycles. The van der Waals surface area contributed by atoms with E-state index in [2.05, 4.69) is 10.3 Å². The second kappa shape index (κ2) is 7.00. The number of carbonyl (C=O) groups excluding carboxylic acids is 1. The van der Waals surface area contributed by atoms with Gasteiger partial charge in [0.15, 0.2) is 0 Å². The summed E-state index contributed by atoms with van der Waals surface area (Å²) in [7, 11) is 0. The number of carbonyl (C=O) groups is 2. The van der Waals surface area contributed by atoms with Crippen molar-refractivity contribution in [2.24, 2.45) is 0 Å². The van der Waals surface area contributed by atoms with Crippen LogP contribution in [0.2, 0.25) is 0 Å². The van der Waals surface area contributed by atoms with Gasteiger partial charge in [0.2, 0.25) is 0 Å². The molecule has 0 spiro atoms. The number of aliphatic carboxylic acids is 1. The number of thioether (sulfide) groups is 1. The number of amides is 1. The lowest BCUT2D eigenvalue weighted by Gasteiger charge is -2.09. The van der Waals surface area contributed by atoms with Crippen LogP contribution in [0, 0.1) is 0 Å². The van der Waals surface area contributed by atoms with E-state index in [0.29, 0.717) is 12.2 Å². The van der Waals surface area contributed by atoms with Gasteiger partial charge >= 0.3 is 5.97 Å². The van der Waals surface area contributed by atoms with Crippen molar-refractivity contribution in [3.8, 4) is 0 Å². The smallest absolute Gasteiger partial charge is 0.304 e. The van der Waals surface area contributed by atoms with E-state index in [9.17, 15) is 9.59 Å². The maximum atomic E-state index is 11.6. The van der Waals surface area contributed by atoms with Crippen molar-refractivity contribution in [1.29, 1.82) is 0 Å². The monoisotopic (exact) mass is 268 g/mol. The molecule has 0 aromatic carbocycles. The fourth-order valence-corrected chi connectivity index (χ4v) is 2.39. The fourth-order valence-electron chi connectivity index (χ4n) is 1.38. The quantitative estimate of drug-likeness (QED) is 0.769. The minimum Gasteiger partial charge on any atom is -0.481 e. The van der Waals surface area contributed by atoms with Gasteiger partial charge in [0.25, 0.3) is 5.91 Å². The Hall–Kier alpha value is -1.56. The lowest BCUT2D eigenvalue weighted by molar-refractivity contribution is -0.136. The van der Waals surface area contributed by atoms with Crippen molar-refractivity contribution in [3.63, 3.8) is 0 Å². The zero-order chi connectivity index (χ0) is 13.5. The van der Waals surface area contributed by atoms with E-state index in [0.717, 1.165) is 4.90 Å². The standard InChI is InChI=1S/C12H16N2O3S/c1-3-13-12(17)10-7-9(4-5-14-10)18-8(2)6-11(15)16/h4-5,7-8H,3,6H2,1-2H3,(H,13,17)(H,15,16). The third kappa shape index (κ3) is 4.75. The molecule has 1 aromatic rings. The van der Waals surface area contributed by atoms with Crippen molar-refractivity contribution >= 4 is 23.6 Å².